The molecule has 0 saturated carbocycles. The molecule has 1 N–H and O–H groups in total. The second kappa shape index (κ2) is 6.87. The molecule has 2 atom stereocenters. The Kier molecular flexibility index (Phi) is 5.46. The van der Waals surface area contributed by atoms with Crippen molar-refractivity contribution in [3.63, 3.8) is 0 Å². The van der Waals surface area contributed by atoms with E-state index in [4.69, 9.17) is 4.74 Å². The lowest BCUT2D eigenvalue weighted by Crippen LogP contribution is -2.34. The second-order valence-corrected chi connectivity index (χ2v) is 6.46. The Balaban J connectivity index is 1.57. The van der Waals surface area contributed by atoms with Gasteiger partial charge in [-0.15, -0.1) is 0 Å². The average molecular weight is 243 g/mol. The van der Waals surface area contributed by atoms with Crippen LogP contribution in [-0.4, -0.2) is 36.8 Å². The first-order valence-corrected chi connectivity index (χ1v) is 7.93. The van der Waals surface area contributed by atoms with Crippen molar-refractivity contribution in [2.75, 3.05) is 24.7 Å². The molecule has 2 fully saturated rings. The molecule has 0 aromatic carbocycles. The van der Waals surface area contributed by atoms with Crippen LogP contribution in [0.1, 0.15) is 39.0 Å². The minimum Gasteiger partial charge on any atom is -0.378 e. The molecule has 16 heavy (non-hydrogen) atoms. The molecule has 0 amide bonds. The quantitative estimate of drug-likeness (QED) is 0.802. The van der Waals surface area contributed by atoms with Crippen LogP contribution in [-0.2, 0) is 4.74 Å². The number of hydrogen-bond acceptors (Lipinski definition) is 3. The van der Waals surface area contributed by atoms with Crippen LogP contribution in [0.5, 0.6) is 0 Å². The van der Waals surface area contributed by atoms with Crippen molar-refractivity contribution in [3.05, 3.63) is 0 Å². The standard InChI is InChI=1S/C13H25NOS/c1-11(9-13-3-2-6-15-13)14-10-12-4-7-16-8-5-12/h11-14H,2-10H2,1H3. The minimum absolute atomic E-state index is 0.532. The van der Waals surface area contributed by atoms with Crippen molar-refractivity contribution in [1.29, 1.82) is 0 Å². The summed E-state index contributed by atoms with van der Waals surface area (Å²) in [5, 5.41) is 3.69. The van der Waals surface area contributed by atoms with Crippen molar-refractivity contribution >= 4 is 11.8 Å². The van der Waals surface area contributed by atoms with Gasteiger partial charge in [0.05, 0.1) is 6.10 Å². The normalized spacial score (nSPS) is 29.4. The third-order valence-electron chi connectivity index (χ3n) is 3.74. The molecule has 2 aliphatic heterocycles. The summed E-state index contributed by atoms with van der Waals surface area (Å²) in [5.41, 5.74) is 0. The van der Waals surface area contributed by atoms with Gasteiger partial charge in [0, 0.05) is 12.6 Å². The minimum atomic E-state index is 0.532. The smallest absolute Gasteiger partial charge is 0.0590 e. The molecule has 0 spiro atoms. The van der Waals surface area contributed by atoms with Crippen LogP contribution >= 0.6 is 11.8 Å². The number of nitrogens with one attached hydrogen (secondary N) is 1. The van der Waals surface area contributed by atoms with Crippen LogP contribution in [0.4, 0.5) is 0 Å². The highest BCUT2D eigenvalue weighted by molar-refractivity contribution is 7.99. The summed E-state index contributed by atoms with van der Waals surface area (Å²) in [6.45, 7) is 4.50. The maximum absolute atomic E-state index is 5.67. The van der Waals surface area contributed by atoms with E-state index in [1.165, 1.54) is 50.2 Å². The zero-order chi connectivity index (χ0) is 11.2. The van der Waals surface area contributed by atoms with E-state index < -0.39 is 0 Å². The van der Waals surface area contributed by atoms with E-state index in [-0.39, 0.29) is 0 Å². The third-order valence-corrected chi connectivity index (χ3v) is 4.79. The third kappa shape index (κ3) is 4.27. The van der Waals surface area contributed by atoms with Gasteiger partial charge in [0.15, 0.2) is 0 Å². The summed E-state index contributed by atoms with van der Waals surface area (Å²) < 4.78 is 5.67. The molecule has 0 bridgehead atoms. The van der Waals surface area contributed by atoms with E-state index in [1.807, 2.05) is 0 Å². The first-order valence-electron chi connectivity index (χ1n) is 6.77. The highest BCUT2D eigenvalue weighted by atomic mass is 32.2. The fourth-order valence-corrected chi connectivity index (χ4v) is 3.83. The molecule has 2 nitrogen and oxygen atoms in total. The van der Waals surface area contributed by atoms with Crippen molar-refractivity contribution in [3.8, 4) is 0 Å². The van der Waals surface area contributed by atoms with Gasteiger partial charge < -0.3 is 10.1 Å². The van der Waals surface area contributed by atoms with Gasteiger partial charge in [0.25, 0.3) is 0 Å². The molecular weight excluding hydrogens is 218 g/mol. The molecule has 2 heterocycles. The molecule has 0 aromatic rings. The van der Waals surface area contributed by atoms with E-state index in [2.05, 4.69) is 24.0 Å². The molecule has 3 heteroatoms. The Morgan fingerprint density at radius 1 is 1.31 bits per heavy atom. The number of rotatable bonds is 5. The summed E-state index contributed by atoms with van der Waals surface area (Å²) in [4.78, 5) is 0. The number of thioether (sulfide) groups is 1. The monoisotopic (exact) mass is 243 g/mol. The zero-order valence-electron chi connectivity index (χ0n) is 10.4. The summed E-state index contributed by atoms with van der Waals surface area (Å²) in [6.07, 6.45) is 7.07. The predicted molar refractivity (Wildman–Crippen MR) is 71.1 cm³/mol. The highest BCUT2D eigenvalue weighted by Gasteiger charge is 2.19. The molecular formula is C13H25NOS. The average Bonchev–Trinajstić information content (AvgIpc) is 2.81. The molecule has 2 rings (SSSR count). The van der Waals surface area contributed by atoms with Gasteiger partial charge in [0.1, 0.15) is 0 Å². The van der Waals surface area contributed by atoms with Crippen molar-refractivity contribution in [2.24, 2.45) is 5.92 Å². The van der Waals surface area contributed by atoms with Crippen molar-refractivity contribution in [1.82, 2.24) is 5.32 Å². The first-order chi connectivity index (χ1) is 7.84. The Labute approximate surface area is 104 Å². The first kappa shape index (κ1) is 12.7. The number of ether oxygens (including phenoxy) is 1. The molecule has 2 saturated heterocycles. The van der Waals surface area contributed by atoms with Crippen molar-refractivity contribution < 1.29 is 4.74 Å². The maximum Gasteiger partial charge on any atom is 0.0590 e. The summed E-state index contributed by atoms with van der Waals surface area (Å²) >= 11 is 2.11. The fourth-order valence-electron chi connectivity index (χ4n) is 2.63. The SMILES string of the molecule is CC(CC1CCCO1)NCC1CCSCC1. The van der Waals surface area contributed by atoms with Crippen LogP contribution in [0.15, 0.2) is 0 Å². The highest BCUT2D eigenvalue weighted by Crippen LogP contribution is 2.22. The van der Waals surface area contributed by atoms with Gasteiger partial charge >= 0.3 is 0 Å². The van der Waals surface area contributed by atoms with Gasteiger partial charge in [-0.1, -0.05) is 0 Å². The maximum atomic E-state index is 5.67. The van der Waals surface area contributed by atoms with Gasteiger partial charge in [-0.2, -0.15) is 11.8 Å². The van der Waals surface area contributed by atoms with Gasteiger partial charge in [-0.05, 0) is 63.0 Å². The van der Waals surface area contributed by atoms with Crippen LogP contribution in [0, 0.1) is 5.92 Å². The van der Waals surface area contributed by atoms with Gasteiger partial charge in [0.2, 0.25) is 0 Å². The molecule has 94 valence electrons. The Bertz CT molecular complexity index is 188. The van der Waals surface area contributed by atoms with Crippen LogP contribution in [0.25, 0.3) is 0 Å². The van der Waals surface area contributed by atoms with E-state index in [9.17, 15) is 0 Å². The molecule has 0 radical (unpaired) electrons. The number of hydrogen-bond donors (Lipinski definition) is 1. The Morgan fingerprint density at radius 3 is 2.81 bits per heavy atom. The summed E-state index contributed by atoms with van der Waals surface area (Å²) in [5.74, 6) is 3.66. The van der Waals surface area contributed by atoms with Crippen LogP contribution in [0.3, 0.4) is 0 Å². The van der Waals surface area contributed by atoms with Gasteiger partial charge in [-0.25, -0.2) is 0 Å². The summed E-state index contributed by atoms with van der Waals surface area (Å²) in [7, 11) is 0. The topological polar surface area (TPSA) is 21.3 Å². The van der Waals surface area contributed by atoms with Crippen LogP contribution in [0.2, 0.25) is 0 Å². The van der Waals surface area contributed by atoms with E-state index in [0.717, 1.165) is 12.5 Å². The zero-order valence-corrected chi connectivity index (χ0v) is 11.2. The van der Waals surface area contributed by atoms with E-state index in [0.29, 0.717) is 12.1 Å². The van der Waals surface area contributed by atoms with Gasteiger partial charge in [-0.3, -0.25) is 0 Å². The lowest BCUT2D eigenvalue weighted by atomic mass is 10.0. The lowest BCUT2D eigenvalue weighted by molar-refractivity contribution is 0.0958. The molecule has 0 aromatic heterocycles. The molecule has 2 aliphatic rings. The largest absolute Gasteiger partial charge is 0.378 e. The lowest BCUT2D eigenvalue weighted by Gasteiger charge is -2.24. The van der Waals surface area contributed by atoms with Crippen LogP contribution < -0.4 is 5.32 Å². The Morgan fingerprint density at radius 2 is 2.12 bits per heavy atom. The summed E-state index contributed by atoms with van der Waals surface area (Å²) in [6, 6.07) is 0.623. The second-order valence-electron chi connectivity index (χ2n) is 5.24. The predicted octanol–water partition coefficient (Wildman–Crippen LogP) is 2.68. The van der Waals surface area contributed by atoms with E-state index in [1.54, 1.807) is 0 Å². The molecule has 0 aliphatic carbocycles. The Hall–Kier alpha value is 0.270. The fraction of sp³-hybridized carbons (Fsp3) is 1.00. The molecule has 2 unspecified atom stereocenters. The van der Waals surface area contributed by atoms with E-state index >= 15 is 0 Å². The van der Waals surface area contributed by atoms with Crippen molar-refractivity contribution in [2.45, 2.75) is 51.2 Å².